The summed E-state index contributed by atoms with van der Waals surface area (Å²) in [6.07, 6.45) is 0.681. The summed E-state index contributed by atoms with van der Waals surface area (Å²) < 4.78 is 6.98. The molecular weight excluding hydrogens is 320 g/mol. The van der Waals surface area contributed by atoms with Gasteiger partial charge in [0, 0.05) is 52.5 Å². The van der Waals surface area contributed by atoms with E-state index >= 15 is 0 Å². The lowest BCUT2D eigenvalue weighted by Crippen LogP contribution is -2.54. The molecule has 1 N–H and O–H groups in total. The molecule has 1 aromatic rings. The van der Waals surface area contributed by atoms with E-state index in [2.05, 4.69) is 27.2 Å². The summed E-state index contributed by atoms with van der Waals surface area (Å²) in [6.45, 7) is 10.00. The van der Waals surface area contributed by atoms with Crippen LogP contribution in [0.4, 0.5) is 4.79 Å². The zero-order valence-corrected chi connectivity index (χ0v) is 16.0. The van der Waals surface area contributed by atoms with Gasteiger partial charge in [-0.15, -0.1) is 0 Å². The van der Waals surface area contributed by atoms with Gasteiger partial charge in [0.2, 0.25) is 0 Å². The van der Waals surface area contributed by atoms with Gasteiger partial charge in [0.1, 0.15) is 0 Å². The van der Waals surface area contributed by atoms with Crippen LogP contribution in [-0.2, 0) is 18.2 Å². The first kappa shape index (κ1) is 19.1. The van der Waals surface area contributed by atoms with Gasteiger partial charge in [0.25, 0.3) is 0 Å². The van der Waals surface area contributed by atoms with E-state index in [1.165, 1.54) is 11.3 Å². The highest BCUT2D eigenvalue weighted by Gasteiger charge is 2.23. The summed E-state index contributed by atoms with van der Waals surface area (Å²) in [4.78, 5) is 20.1. The molecule has 0 unspecified atom stereocenters. The smallest absolute Gasteiger partial charge is 0.409 e. The van der Waals surface area contributed by atoms with E-state index in [1.807, 2.05) is 25.6 Å². The maximum atomic E-state index is 11.8. The van der Waals surface area contributed by atoms with Gasteiger partial charge in [0.05, 0.1) is 12.3 Å². The minimum Gasteiger partial charge on any atom is -0.450 e. The van der Waals surface area contributed by atoms with Crippen LogP contribution in [0.1, 0.15) is 23.9 Å². The number of nitrogens with zero attached hydrogens (tertiary/aromatic N) is 5. The molecule has 1 aliphatic rings. The number of aliphatic imine (C=N–C) groups is 1. The van der Waals surface area contributed by atoms with Gasteiger partial charge in [0.15, 0.2) is 5.96 Å². The van der Waals surface area contributed by atoms with Crippen LogP contribution in [0.3, 0.4) is 0 Å². The highest BCUT2D eigenvalue weighted by molar-refractivity contribution is 5.80. The monoisotopic (exact) mass is 350 g/mol. The van der Waals surface area contributed by atoms with Crippen molar-refractivity contribution in [2.24, 2.45) is 12.0 Å². The highest BCUT2D eigenvalue weighted by atomic mass is 16.6. The van der Waals surface area contributed by atoms with Crippen molar-refractivity contribution in [3.05, 3.63) is 17.0 Å². The van der Waals surface area contributed by atoms with E-state index in [0.29, 0.717) is 19.7 Å². The van der Waals surface area contributed by atoms with E-state index < -0.39 is 0 Å². The molecular formula is C17H30N6O2. The number of ether oxygens (including phenoxy) is 1. The topological polar surface area (TPSA) is 75.0 Å². The van der Waals surface area contributed by atoms with Crippen LogP contribution in [0.2, 0.25) is 0 Å². The van der Waals surface area contributed by atoms with Gasteiger partial charge in [-0.2, -0.15) is 5.10 Å². The lowest BCUT2D eigenvalue weighted by Gasteiger charge is -2.35. The molecule has 0 spiro atoms. The van der Waals surface area contributed by atoms with Crippen molar-refractivity contribution in [3.8, 4) is 0 Å². The zero-order chi connectivity index (χ0) is 18.4. The molecule has 2 heterocycles. The number of carbonyl (C=O) groups is 1. The quantitative estimate of drug-likeness (QED) is 0.646. The van der Waals surface area contributed by atoms with Gasteiger partial charge in [-0.3, -0.25) is 9.67 Å². The predicted octanol–water partition coefficient (Wildman–Crippen LogP) is 0.929. The van der Waals surface area contributed by atoms with Crippen molar-refractivity contribution in [1.29, 1.82) is 0 Å². The Morgan fingerprint density at radius 2 is 1.88 bits per heavy atom. The number of piperazine rings is 1. The fraction of sp³-hybridized carbons (Fsp3) is 0.706. The van der Waals surface area contributed by atoms with Crippen molar-refractivity contribution in [2.45, 2.75) is 27.2 Å². The van der Waals surface area contributed by atoms with Crippen molar-refractivity contribution in [3.63, 3.8) is 0 Å². The SMILES string of the molecule is CCOC(=O)N1CCN(C(=NC)NCCc2c(C)nn(C)c2C)CC1. The number of guanidine groups is 1. The summed E-state index contributed by atoms with van der Waals surface area (Å²) in [5, 5.41) is 7.88. The molecule has 140 valence electrons. The van der Waals surface area contributed by atoms with Crippen LogP contribution in [0.25, 0.3) is 0 Å². The van der Waals surface area contributed by atoms with E-state index in [4.69, 9.17) is 4.74 Å². The zero-order valence-electron chi connectivity index (χ0n) is 16.0. The molecule has 0 aliphatic carbocycles. The second kappa shape index (κ2) is 8.73. The first-order valence-electron chi connectivity index (χ1n) is 8.84. The Kier molecular flexibility index (Phi) is 6.66. The summed E-state index contributed by atoms with van der Waals surface area (Å²) in [5.74, 6) is 0.878. The standard InChI is InChI=1S/C17H30N6O2/c1-6-25-17(24)23-11-9-22(10-12-23)16(18-4)19-8-7-15-13(2)20-21(5)14(15)3/h6-12H2,1-5H3,(H,18,19). The van der Waals surface area contributed by atoms with Crippen molar-refractivity contribution in [1.82, 2.24) is 24.9 Å². The third-order valence-electron chi connectivity index (χ3n) is 4.63. The highest BCUT2D eigenvalue weighted by Crippen LogP contribution is 2.12. The van der Waals surface area contributed by atoms with E-state index in [0.717, 1.165) is 37.7 Å². The van der Waals surface area contributed by atoms with Gasteiger partial charge in [-0.1, -0.05) is 0 Å². The molecule has 0 bridgehead atoms. The van der Waals surface area contributed by atoms with Gasteiger partial charge in [-0.25, -0.2) is 4.79 Å². The average Bonchev–Trinajstić information content (AvgIpc) is 2.85. The number of hydrogen-bond donors (Lipinski definition) is 1. The minimum atomic E-state index is -0.229. The number of aryl methyl sites for hydroxylation is 2. The average molecular weight is 350 g/mol. The fourth-order valence-electron chi connectivity index (χ4n) is 3.13. The van der Waals surface area contributed by atoms with E-state index in [-0.39, 0.29) is 6.09 Å². The second-order valence-electron chi connectivity index (χ2n) is 6.17. The Balaban J connectivity index is 1.82. The van der Waals surface area contributed by atoms with Crippen LogP contribution in [0, 0.1) is 13.8 Å². The fourth-order valence-corrected chi connectivity index (χ4v) is 3.13. The first-order chi connectivity index (χ1) is 12.0. The molecule has 0 aromatic carbocycles. The van der Waals surface area contributed by atoms with Gasteiger partial charge in [-0.05, 0) is 32.8 Å². The molecule has 0 atom stereocenters. The molecule has 1 aliphatic heterocycles. The van der Waals surface area contributed by atoms with Crippen LogP contribution >= 0.6 is 0 Å². The lowest BCUT2D eigenvalue weighted by atomic mass is 10.1. The van der Waals surface area contributed by atoms with Crippen LogP contribution < -0.4 is 5.32 Å². The third kappa shape index (κ3) is 4.64. The molecule has 1 aromatic heterocycles. The maximum Gasteiger partial charge on any atom is 0.409 e. The number of hydrogen-bond acceptors (Lipinski definition) is 4. The van der Waals surface area contributed by atoms with Crippen LogP contribution in [0.15, 0.2) is 4.99 Å². The molecule has 8 heteroatoms. The summed E-state index contributed by atoms with van der Waals surface area (Å²) in [6, 6.07) is 0. The van der Waals surface area contributed by atoms with Gasteiger partial charge >= 0.3 is 6.09 Å². The van der Waals surface area contributed by atoms with Crippen LogP contribution in [-0.4, -0.2) is 78.0 Å². The van der Waals surface area contributed by atoms with E-state index in [1.54, 1.807) is 11.9 Å². The Morgan fingerprint density at radius 1 is 1.24 bits per heavy atom. The molecule has 8 nitrogen and oxygen atoms in total. The number of aromatic nitrogens is 2. The summed E-state index contributed by atoms with van der Waals surface area (Å²) >= 11 is 0. The molecule has 25 heavy (non-hydrogen) atoms. The molecule has 1 amide bonds. The molecule has 0 saturated carbocycles. The molecule has 1 fully saturated rings. The number of rotatable bonds is 4. The van der Waals surface area contributed by atoms with E-state index in [9.17, 15) is 4.79 Å². The number of amides is 1. The third-order valence-corrected chi connectivity index (χ3v) is 4.63. The Bertz CT molecular complexity index is 617. The lowest BCUT2D eigenvalue weighted by molar-refractivity contribution is 0.0915. The first-order valence-corrected chi connectivity index (χ1v) is 8.84. The van der Waals surface area contributed by atoms with Crippen molar-refractivity contribution in [2.75, 3.05) is 46.4 Å². The summed E-state index contributed by atoms with van der Waals surface area (Å²) in [5.41, 5.74) is 3.58. The maximum absolute atomic E-state index is 11.8. The van der Waals surface area contributed by atoms with Crippen molar-refractivity contribution < 1.29 is 9.53 Å². The molecule has 1 saturated heterocycles. The largest absolute Gasteiger partial charge is 0.450 e. The minimum absolute atomic E-state index is 0.229. The Labute approximate surface area is 149 Å². The predicted molar refractivity (Wildman–Crippen MR) is 97.9 cm³/mol. The van der Waals surface area contributed by atoms with Gasteiger partial charge < -0.3 is 19.9 Å². The number of nitrogens with one attached hydrogen (secondary N) is 1. The van der Waals surface area contributed by atoms with Crippen LogP contribution in [0.5, 0.6) is 0 Å². The normalized spacial score (nSPS) is 15.5. The molecule has 2 rings (SSSR count). The molecule has 0 radical (unpaired) electrons. The Hall–Kier alpha value is -2.25. The second-order valence-corrected chi connectivity index (χ2v) is 6.17. The summed E-state index contributed by atoms with van der Waals surface area (Å²) in [7, 11) is 3.77. The van der Waals surface area contributed by atoms with Crippen molar-refractivity contribution >= 4 is 12.1 Å². The Morgan fingerprint density at radius 3 is 2.40 bits per heavy atom. The number of carbonyl (C=O) groups excluding carboxylic acids is 1.